The monoisotopic (exact) mass is 393 g/mol. The van der Waals surface area contributed by atoms with Crippen molar-refractivity contribution in [3.8, 4) is 0 Å². The molecule has 6 nitrogen and oxygen atoms in total. The van der Waals surface area contributed by atoms with E-state index in [-0.39, 0.29) is 13.2 Å². The highest BCUT2D eigenvalue weighted by atomic mass is 19.1. The van der Waals surface area contributed by atoms with Crippen LogP contribution in [0.15, 0.2) is 12.1 Å². The Labute approximate surface area is 166 Å². The van der Waals surface area contributed by atoms with E-state index in [4.69, 9.17) is 4.74 Å². The number of piperidine rings is 1. The first-order valence-corrected chi connectivity index (χ1v) is 9.75. The van der Waals surface area contributed by atoms with Gasteiger partial charge in [0.05, 0.1) is 11.2 Å². The molecule has 0 radical (unpaired) electrons. The molecule has 0 aliphatic carbocycles. The van der Waals surface area contributed by atoms with Crippen molar-refractivity contribution < 1.29 is 19.0 Å². The highest BCUT2D eigenvalue weighted by Gasteiger charge is 2.48. The van der Waals surface area contributed by atoms with Gasteiger partial charge in [-0.1, -0.05) is 7.43 Å². The number of hydrogen-bond donors (Lipinski definition) is 2. The molecule has 2 N–H and O–H groups in total. The Morgan fingerprint density at radius 2 is 1.86 bits per heavy atom. The van der Waals surface area contributed by atoms with Crippen molar-refractivity contribution in [2.75, 3.05) is 50.7 Å². The Kier molecular flexibility index (Phi) is 5.71. The maximum Gasteiger partial charge on any atom is 0.339 e. The third-order valence-corrected chi connectivity index (χ3v) is 5.80. The average molecular weight is 394 g/mol. The summed E-state index contributed by atoms with van der Waals surface area (Å²) in [7, 11) is 0. The minimum absolute atomic E-state index is 0. The number of benzene rings is 1. The fourth-order valence-corrected chi connectivity index (χ4v) is 4.58. The first kappa shape index (κ1) is 21.0. The molecule has 156 valence electrons. The quantitative estimate of drug-likeness (QED) is 0.767. The van der Waals surface area contributed by atoms with Crippen LogP contribution in [0, 0.1) is 5.82 Å². The van der Waals surface area contributed by atoms with Gasteiger partial charge in [-0.2, -0.15) is 0 Å². The largest absolute Gasteiger partial charge is 0.450 e. The number of esters is 1. The standard InChI is InChI=1S/C20H28FN3O3.CH4/c1-19(2,26)13-23-7-9-24(10-8-23)14-11-15-17(16(21)12-14)20(27-18(15)25)3-5-22-6-4-20;/h11-12,22,26H,3-10,13H2,1-2H3;1H4. The van der Waals surface area contributed by atoms with Gasteiger partial charge < -0.3 is 20.1 Å². The molecule has 0 bridgehead atoms. The lowest BCUT2D eigenvalue weighted by Gasteiger charge is -2.38. The van der Waals surface area contributed by atoms with Gasteiger partial charge in [0.15, 0.2) is 0 Å². The molecule has 0 saturated carbocycles. The van der Waals surface area contributed by atoms with E-state index in [2.05, 4.69) is 15.1 Å². The summed E-state index contributed by atoms with van der Waals surface area (Å²) >= 11 is 0. The van der Waals surface area contributed by atoms with Gasteiger partial charge in [-0.3, -0.25) is 4.90 Å². The number of fused-ring (bicyclic) bond motifs is 2. The van der Waals surface area contributed by atoms with Gasteiger partial charge in [0.1, 0.15) is 11.4 Å². The molecule has 2 saturated heterocycles. The normalized spacial score (nSPS) is 22.0. The molecule has 1 aromatic carbocycles. The Morgan fingerprint density at radius 3 is 2.46 bits per heavy atom. The minimum atomic E-state index is -0.800. The summed E-state index contributed by atoms with van der Waals surface area (Å²) in [4.78, 5) is 16.8. The zero-order valence-corrected chi connectivity index (χ0v) is 16.1. The van der Waals surface area contributed by atoms with Crippen molar-refractivity contribution in [2.24, 2.45) is 0 Å². The molecule has 3 aliphatic rings. The van der Waals surface area contributed by atoms with Crippen LogP contribution >= 0.6 is 0 Å². The number of hydrogen-bond acceptors (Lipinski definition) is 6. The van der Waals surface area contributed by atoms with E-state index >= 15 is 4.39 Å². The second-order valence-corrected chi connectivity index (χ2v) is 8.56. The van der Waals surface area contributed by atoms with Gasteiger partial charge in [0, 0.05) is 56.8 Å². The number of ether oxygens (including phenoxy) is 1. The lowest BCUT2D eigenvalue weighted by Crippen LogP contribution is -2.50. The number of carbonyl (C=O) groups is 1. The molecular formula is C21H32FN3O3. The van der Waals surface area contributed by atoms with Crippen LogP contribution in [0.2, 0.25) is 0 Å². The molecule has 0 aromatic heterocycles. The molecule has 4 rings (SSSR count). The molecule has 2 fully saturated rings. The SMILES string of the molecule is C.CC(C)(O)CN1CCN(c2cc(F)c3c(c2)C(=O)OC32CCNCC2)CC1. The molecule has 1 spiro atoms. The van der Waals surface area contributed by atoms with Crippen LogP contribution in [0.3, 0.4) is 0 Å². The summed E-state index contributed by atoms with van der Waals surface area (Å²) in [5.74, 6) is -0.748. The van der Waals surface area contributed by atoms with Crippen LogP contribution in [-0.2, 0) is 10.3 Å². The zero-order valence-electron chi connectivity index (χ0n) is 16.1. The molecule has 7 heteroatoms. The van der Waals surface area contributed by atoms with Crippen molar-refractivity contribution in [3.63, 3.8) is 0 Å². The van der Waals surface area contributed by atoms with E-state index < -0.39 is 17.2 Å². The Bertz CT molecular complexity index is 733. The number of anilines is 1. The van der Waals surface area contributed by atoms with Gasteiger partial charge in [-0.15, -0.1) is 0 Å². The summed E-state index contributed by atoms with van der Waals surface area (Å²) in [6.07, 6.45) is 1.22. The van der Waals surface area contributed by atoms with E-state index in [1.807, 2.05) is 0 Å². The summed E-state index contributed by atoms with van der Waals surface area (Å²) in [6.45, 7) is 8.72. The topological polar surface area (TPSA) is 65.0 Å². The number of nitrogens with one attached hydrogen (secondary N) is 1. The van der Waals surface area contributed by atoms with Crippen molar-refractivity contribution >= 4 is 11.7 Å². The summed E-state index contributed by atoms with van der Waals surface area (Å²) in [5, 5.41) is 13.2. The van der Waals surface area contributed by atoms with E-state index in [0.717, 1.165) is 45.0 Å². The van der Waals surface area contributed by atoms with E-state index in [1.54, 1.807) is 26.0 Å². The molecule has 3 heterocycles. The fraction of sp³-hybridized carbons (Fsp3) is 0.667. The molecular weight excluding hydrogens is 361 g/mol. The van der Waals surface area contributed by atoms with Crippen molar-refractivity contribution in [1.82, 2.24) is 10.2 Å². The number of rotatable bonds is 3. The van der Waals surface area contributed by atoms with E-state index in [0.29, 0.717) is 30.5 Å². The number of aliphatic hydroxyl groups is 1. The number of piperazine rings is 1. The van der Waals surface area contributed by atoms with Crippen LogP contribution in [0.5, 0.6) is 0 Å². The number of nitrogens with zero attached hydrogens (tertiary/aromatic N) is 2. The maximum absolute atomic E-state index is 15.1. The Balaban J connectivity index is 0.00000225. The maximum atomic E-state index is 15.1. The van der Waals surface area contributed by atoms with Gasteiger partial charge in [-0.05, 0) is 39.1 Å². The first-order valence-electron chi connectivity index (χ1n) is 9.75. The first-order chi connectivity index (χ1) is 12.8. The van der Waals surface area contributed by atoms with Crippen molar-refractivity contribution in [1.29, 1.82) is 0 Å². The second-order valence-electron chi connectivity index (χ2n) is 8.56. The number of halogens is 1. The molecule has 0 unspecified atom stereocenters. The van der Waals surface area contributed by atoms with Crippen LogP contribution < -0.4 is 10.2 Å². The van der Waals surface area contributed by atoms with Crippen molar-refractivity contribution in [3.05, 3.63) is 29.1 Å². The molecule has 0 amide bonds. The molecule has 0 atom stereocenters. The molecule has 28 heavy (non-hydrogen) atoms. The van der Waals surface area contributed by atoms with Crippen LogP contribution in [0.25, 0.3) is 0 Å². The predicted octanol–water partition coefficient (Wildman–Crippen LogP) is 2.10. The zero-order chi connectivity index (χ0) is 19.2. The average Bonchev–Trinajstić information content (AvgIpc) is 2.87. The highest BCUT2D eigenvalue weighted by molar-refractivity contribution is 5.96. The lowest BCUT2D eigenvalue weighted by molar-refractivity contribution is -0.0255. The summed E-state index contributed by atoms with van der Waals surface area (Å²) in [5.41, 5.74) is 0.0295. The van der Waals surface area contributed by atoms with Gasteiger partial charge >= 0.3 is 5.97 Å². The molecule has 3 aliphatic heterocycles. The third-order valence-electron chi connectivity index (χ3n) is 5.80. The second kappa shape index (κ2) is 7.61. The van der Waals surface area contributed by atoms with Gasteiger partial charge in [-0.25, -0.2) is 9.18 Å². The summed E-state index contributed by atoms with van der Waals surface area (Å²) < 4.78 is 20.8. The molecule has 1 aromatic rings. The minimum Gasteiger partial charge on any atom is -0.450 e. The predicted molar refractivity (Wildman–Crippen MR) is 107 cm³/mol. The van der Waals surface area contributed by atoms with Gasteiger partial charge in [0.25, 0.3) is 0 Å². The third kappa shape index (κ3) is 3.88. The summed E-state index contributed by atoms with van der Waals surface area (Å²) in [6, 6.07) is 3.35. The van der Waals surface area contributed by atoms with Crippen LogP contribution in [0.1, 0.15) is 50.0 Å². The van der Waals surface area contributed by atoms with E-state index in [1.165, 1.54) is 0 Å². The van der Waals surface area contributed by atoms with E-state index in [9.17, 15) is 9.90 Å². The Morgan fingerprint density at radius 1 is 1.21 bits per heavy atom. The highest BCUT2D eigenvalue weighted by Crippen LogP contribution is 2.45. The van der Waals surface area contributed by atoms with Gasteiger partial charge in [0.2, 0.25) is 0 Å². The smallest absolute Gasteiger partial charge is 0.339 e. The van der Waals surface area contributed by atoms with Crippen LogP contribution in [-0.4, -0.2) is 67.4 Å². The van der Waals surface area contributed by atoms with Crippen LogP contribution in [0.4, 0.5) is 10.1 Å². The Hall–Kier alpha value is -1.70. The number of β-amino-alcohol motifs (C(OH)–C–C–N with tert-alkyl or cyclic N) is 1. The lowest BCUT2D eigenvalue weighted by atomic mass is 9.84. The fourth-order valence-electron chi connectivity index (χ4n) is 4.58. The van der Waals surface area contributed by atoms with Crippen molar-refractivity contribution in [2.45, 2.75) is 45.3 Å². The number of carbonyl (C=O) groups excluding carboxylic acids is 1.